The molecule has 1 aromatic heterocycles. The van der Waals surface area contributed by atoms with Crippen molar-refractivity contribution in [1.82, 2.24) is 15.6 Å². The van der Waals surface area contributed by atoms with Gasteiger partial charge in [0, 0.05) is 25.2 Å². The Morgan fingerprint density at radius 3 is 3.06 bits per heavy atom. The van der Waals surface area contributed by atoms with Crippen LogP contribution in [0.3, 0.4) is 0 Å². The lowest BCUT2D eigenvalue weighted by molar-refractivity contribution is -0.122. The minimum atomic E-state index is -0.787. The van der Waals surface area contributed by atoms with Gasteiger partial charge in [0.25, 0.3) is 5.91 Å². The third-order valence-corrected chi connectivity index (χ3v) is 2.60. The molecule has 1 aromatic rings. The lowest BCUT2D eigenvalue weighted by Crippen LogP contribution is -2.47. The zero-order chi connectivity index (χ0) is 12.3. The van der Waals surface area contributed by atoms with E-state index in [9.17, 15) is 14.0 Å². The molecule has 2 amide bonds. The first-order valence-corrected chi connectivity index (χ1v) is 5.35. The van der Waals surface area contributed by atoms with Crippen LogP contribution in [-0.2, 0) is 4.79 Å². The molecule has 2 N–H and O–H groups in total. The number of carbonyl (C=O) groups excluding carboxylic acids is 2. The molecule has 0 spiro atoms. The molecule has 0 radical (unpaired) electrons. The summed E-state index contributed by atoms with van der Waals surface area (Å²) in [7, 11) is 0. The van der Waals surface area contributed by atoms with Gasteiger partial charge in [-0.3, -0.25) is 9.59 Å². The zero-order valence-corrected chi connectivity index (χ0v) is 9.07. The van der Waals surface area contributed by atoms with Gasteiger partial charge in [0.1, 0.15) is 0 Å². The van der Waals surface area contributed by atoms with Crippen molar-refractivity contribution in [1.29, 1.82) is 0 Å². The molecule has 1 atom stereocenters. The molecule has 1 aliphatic heterocycles. The van der Waals surface area contributed by atoms with Crippen molar-refractivity contribution in [2.24, 2.45) is 0 Å². The van der Waals surface area contributed by atoms with Crippen molar-refractivity contribution in [2.45, 2.75) is 18.9 Å². The van der Waals surface area contributed by atoms with Gasteiger partial charge in [0.15, 0.2) is 0 Å². The smallest absolute Gasteiger partial charge is 0.256 e. The summed E-state index contributed by atoms with van der Waals surface area (Å²) in [6.07, 6.45) is 2.23. The molecular formula is C11H12FN3O2. The number of aromatic nitrogens is 1. The van der Waals surface area contributed by atoms with Crippen LogP contribution >= 0.6 is 0 Å². The fourth-order valence-electron chi connectivity index (χ4n) is 1.67. The predicted molar refractivity (Wildman–Crippen MR) is 57.7 cm³/mol. The Labute approximate surface area is 97.4 Å². The molecule has 1 aliphatic rings. The molecule has 0 saturated carbocycles. The number of nitrogens with one attached hydrogen (secondary N) is 2. The summed E-state index contributed by atoms with van der Waals surface area (Å²) in [6.45, 7) is 0.381. The van der Waals surface area contributed by atoms with Crippen molar-refractivity contribution < 1.29 is 14.0 Å². The van der Waals surface area contributed by atoms with Gasteiger partial charge in [-0.15, -0.1) is 0 Å². The molecule has 6 heteroatoms. The van der Waals surface area contributed by atoms with E-state index < -0.39 is 11.9 Å². The molecule has 2 heterocycles. The third-order valence-electron chi connectivity index (χ3n) is 2.60. The number of piperidine rings is 1. The van der Waals surface area contributed by atoms with Crippen LogP contribution in [0.1, 0.15) is 23.2 Å². The molecule has 1 saturated heterocycles. The van der Waals surface area contributed by atoms with E-state index in [2.05, 4.69) is 15.6 Å². The number of hydrogen-bond donors (Lipinski definition) is 2. The fourth-order valence-corrected chi connectivity index (χ4v) is 1.67. The number of rotatable bonds is 2. The van der Waals surface area contributed by atoms with Gasteiger partial charge in [-0.2, -0.15) is 4.39 Å². The minimum absolute atomic E-state index is 0.0249. The van der Waals surface area contributed by atoms with E-state index in [-0.39, 0.29) is 17.5 Å². The van der Waals surface area contributed by atoms with Crippen molar-refractivity contribution in [3.05, 3.63) is 29.8 Å². The molecule has 2 rings (SSSR count). The second-order valence-corrected chi connectivity index (χ2v) is 3.85. The highest BCUT2D eigenvalue weighted by molar-refractivity contribution is 5.94. The van der Waals surface area contributed by atoms with E-state index in [1.165, 1.54) is 18.3 Å². The second-order valence-electron chi connectivity index (χ2n) is 3.85. The average Bonchev–Trinajstić information content (AvgIpc) is 2.32. The molecule has 17 heavy (non-hydrogen) atoms. The van der Waals surface area contributed by atoms with Crippen molar-refractivity contribution in [2.75, 3.05) is 6.54 Å². The molecule has 1 fully saturated rings. The lowest BCUT2D eigenvalue weighted by Gasteiger charge is -2.23. The summed E-state index contributed by atoms with van der Waals surface area (Å²) >= 11 is 0. The van der Waals surface area contributed by atoms with Crippen LogP contribution in [-0.4, -0.2) is 29.4 Å². The van der Waals surface area contributed by atoms with Gasteiger partial charge >= 0.3 is 0 Å². The summed E-state index contributed by atoms with van der Waals surface area (Å²) in [6, 6.07) is 2.72. The topological polar surface area (TPSA) is 71.1 Å². The predicted octanol–water partition coefficient (Wildman–Crippen LogP) is 0.229. The first-order chi connectivity index (χ1) is 8.16. The van der Waals surface area contributed by atoms with Crippen LogP contribution in [0.25, 0.3) is 0 Å². The van der Waals surface area contributed by atoms with E-state index in [1.807, 2.05) is 0 Å². The van der Waals surface area contributed by atoms with Gasteiger partial charge < -0.3 is 10.6 Å². The fraction of sp³-hybridized carbons (Fsp3) is 0.364. The number of pyridine rings is 1. The summed E-state index contributed by atoms with van der Waals surface area (Å²) < 4.78 is 13.2. The maximum absolute atomic E-state index is 13.2. The third kappa shape index (κ3) is 2.77. The molecule has 5 nitrogen and oxygen atoms in total. The van der Waals surface area contributed by atoms with Crippen molar-refractivity contribution in [3.8, 4) is 0 Å². The second kappa shape index (κ2) is 4.90. The largest absolute Gasteiger partial charge is 0.354 e. The number of carbonyl (C=O) groups is 2. The Morgan fingerprint density at radius 1 is 1.59 bits per heavy atom. The number of hydrogen-bond acceptors (Lipinski definition) is 3. The van der Waals surface area contributed by atoms with Crippen LogP contribution in [0.5, 0.6) is 0 Å². The standard InChI is InChI=1S/C11H12FN3O2/c12-10-8(2-1-5-13-10)11(17)15-7-3-4-9(16)14-6-7/h1-2,5,7H,3-4,6H2,(H,14,16)(H,15,17). The van der Waals surface area contributed by atoms with E-state index in [0.29, 0.717) is 19.4 Å². The quantitative estimate of drug-likeness (QED) is 0.723. The average molecular weight is 237 g/mol. The SMILES string of the molecule is O=C1CCC(NC(=O)c2cccnc2F)CN1. The van der Waals surface area contributed by atoms with Crippen LogP contribution in [0, 0.1) is 5.95 Å². The Balaban J connectivity index is 1.98. The van der Waals surface area contributed by atoms with Crippen LogP contribution < -0.4 is 10.6 Å². The van der Waals surface area contributed by atoms with E-state index in [0.717, 1.165) is 0 Å². The normalized spacial score (nSPS) is 19.6. The first kappa shape index (κ1) is 11.5. The van der Waals surface area contributed by atoms with Crippen molar-refractivity contribution in [3.63, 3.8) is 0 Å². The highest BCUT2D eigenvalue weighted by Crippen LogP contribution is 2.06. The summed E-state index contributed by atoms with van der Waals surface area (Å²) in [4.78, 5) is 26.0. The molecule has 0 aliphatic carbocycles. The van der Waals surface area contributed by atoms with Crippen LogP contribution in [0.4, 0.5) is 4.39 Å². The van der Waals surface area contributed by atoms with Gasteiger partial charge in [0.2, 0.25) is 11.9 Å². The monoisotopic (exact) mass is 237 g/mol. The maximum Gasteiger partial charge on any atom is 0.256 e. The Kier molecular flexibility index (Phi) is 3.32. The van der Waals surface area contributed by atoms with Crippen LogP contribution in [0.2, 0.25) is 0 Å². The number of halogens is 1. The Morgan fingerprint density at radius 2 is 2.41 bits per heavy atom. The molecule has 90 valence electrons. The van der Waals surface area contributed by atoms with Gasteiger partial charge in [-0.25, -0.2) is 4.98 Å². The lowest BCUT2D eigenvalue weighted by atomic mass is 10.1. The highest BCUT2D eigenvalue weighted by atomic mass is 19.1. The van der Waals surface area contributed by atoms with E-state index in [4.69, 9.17) is 0 Å². The van der Waals surface area contributed by atoms with E-state index in [1.54, 1.807) is 0 Å². The Hall–Kier alpha value is -1.98. The number of amides is 2. The van der Waals surface area contributed by atoms with Gasteiger partial charge in [-0.1, -0.05) is 0 Å². The molecule has 0 aromatic carbocycles. The van der Waals surface area contributed by atoms with Gasteiger partial charge in [0.05, 0.1) is 5.56 Å². The van der Waals surface area contributed by atoms with Gasteiger partial charge in [-0.05, 0) is 18.6 Å². The summed E-state index contributed by atoms with van der Waals surface area (Å²) in [5.74, 6) is -1.32. The van der Waals surface area contributed by atoms with Crippen molar-refractivity contribution >= 4 is 11.8 Å². The van der Waals surface area contributed by atoms with Crippen LogP contribution in [0.15, 0.2) is 18.3 Å². The molecular weight excluding hydrogens is 225 g/mol. The van der Waals surface area contributed by atoms with E-state index >= 15 is 0 Å². The zero-order valence-electron chi connectivity index (χ0n) is 9.07. The maximum atomic E-state index is 13.2. The number of nitrogens with zero attached hydrogens (tertiary/aromatic N) is 1. The first-order valence-electron chi connectivity index (χ1n) is 5.35. The Bertz CT molecular complexity index is 440. The highest BCUT2D eigenvalue weighted by Gasteiger charge is 2.21. The minimum Gasteiger partial charge on any atom is -0.354 e. The molecule has 1 unspecified atom stereocenters. The summed E-state index contributed by atoms with van der Waals surface area (Å²) in [5, 5.41) is 5.30. The molecule has 0 bridgehead atoms. The summed E-state index contributed by atoms with van der Waals surface area (Å²) in [5.41, 5.74) is -0.0793.